The van der Waals surface area contributed by atoms with Crippen molar-refractivity contribution in [1.29, 1.82) is 0 Å². The highest BCUT2D eigenvalue weighted by molar-refractivity contribution is 5.79. The molecule has 26 heavy (non-hydrogen) atoms. The van der Waals surface area contributed by atoms with E-state index in [0.717, 1.165) is 17.7 Å². The minimum Gasteiger partial charge on any atom is -0.356 e. The Morgan fingerprint density at radius 1 is 1.08 bits per heavy atom. The number of nitrogens with zero attached hydrogens (tertiary/aromatic N) is 3. The van der Waals surface area contributed by atoms with Gasteiger partial charge in [0.1, 0.15) is 5.82 Å². The lowest BCUT2D eigenvalue weighted by Gasteiger charge is -2.12. The third kappa shape index (κ3) is 4.69. The van der Waals surface area contributed by atoms with Crippen LogP contribution in [-0.2, 0) is 13.0 Å². The first-order valence-electron chi connectivity index (χ1n) is 8.53. The van der Waals surface area contributed by atoms with Crippen molar-refractivity contribution in [2.45, 2.75) is 13.0 Å². The summed E-state index contributed by atoms with van der Waals surface area (Å²) in [6.07, 6.45) is 4.70. The molecule has 2 N–H and O–H groups in total. The minimum atomic E-state index is -0.219. The molecule has 0 amide bonds. The van der Waals surface area contributed by atoms with E-state index < -0.39 is 0 Å². The zero-order valence-corrected chi connectivity index (χ0v) is 14.7. The lowest BCUT2D eigenvalue weighted by atomic mass is 10.2. The Kier molecular flexibility index (Phi) is 5.98. The first kappa shape index (κ1) is 17.7. The van der Waals surface area contributed by atoms with Crippen LogP contribution >= 0.6 is 0 Å². The van der Waals surface area contributed by atoms with Gasteiger partial charge >= 0.3 is 0 Å². The number of rotatable bonds is 6. The molecule has 0 spiro atoms. The maximum absolute atomic E-state index is 13.7. The van der Waals surface area contributed by atoms with Gasteiger partial charge in [0.15, 0.2) is 5.96 Å². The van der Waals surface area contributed by atoms with Crippen LogP contribution in [0, 0.1) is 5.82 Å². The Labute approximate surface area is 152 Å². The molecule has 0 saturated carbocycles. The number of guanidine groups is 1. The van der Waals surface area contributed by atoms with Gasteiger partial charge in [0.25, 0.3) is 0 Å². The Hall–Kier alpha value is -3.15. The second-order valence-corrected chi connectivity index (χ2v) is 5.82. The second kappa shape index (κ2) is 8.80. The van der Waals surface area contributed by atoms with Crippen LogP contribution in [0.5, 0.6) is 0 Å². The number of halogens is 1. The maximum atomic E-state index is 13.7. The molecule has 0 atom stereocenters. The Balaban J connectivity index is 1.48. The molecule has 0 saturated heterocycles. The van der Waals surface area contributed by atoms with E-state index >= 15 is 0 Å². The van der Waals surface area contributed by atoms with Crippen molar-refractivity contribution in [3.05, 3.63) is 83.9 Å². The Morgan fingerprint density at radius 2 is 1.85 bits per heavy atom. The van der Waals surface area contributed by atoms with Gasteiger partial charge in [0, 0.05) is 31.9 Å². The van der Waals surface area contributed by atoms with Crippen molar-refractivity contribution < 1.29 is 4.39 Å². The third-order valence-corrected chi connectivity index (χ3v) is 3.99. The van der Waals surface area contributed by atoms with Gasteiger partial charge in [-0.05, 0) is 30.2 Å². The average Bonchev–Trinajstić information content (AvgIpc) is 3.15. The number of nitrogens with one attached hydrogen (secondary N) is 2. The highest BCUT2D eigenvalue weighted by atomic mass is 19.1. The largest absolute Gasteiger partial charge is 0.356 e. The topological polar surface area (TPSA) is 54.2 Å². The summed E-state index contributed by atoms with van der Waals surface area (Å²) in [5.74, 6) is 0.424. The number of para-hydroxylation sites is 1. The first-order valence-corrected chi connectivity index (χ1v) is 8.53. The summed E-state index contributed by atoms with van der Waals surface area (Å²) in [6.45, 7) is 1.09. The molecule has 0 aliphatic rings. The number of aliphatic imine (C=N–C) groups is 1. The SMILES string of the molecule is CN=C(NCCc1cnn(-c2ccccc2)c1)NCc1ccccc1F. The van der Waals surface area contributed by atoms with Gasteiger partial charge in [-0.1, -0.05) is 36.4 Å². The van der Waals surface area contributed by atoms with Crippen LogP contribution in [0.25, 0.3) is 5.69 Å². The van der Waals surface area contributed by atoms with E-state index in [0.29, 0.717) is 24.6 Å². The zero-order chi connectivity index (χ0) is 18.2. The highest BCUT2D eigenvalue weighted by Gasteiger charge is 2.04. The predicted octanol–water partition coefficient (Wildman–Crippen LogP) is 2.92. The fourth-order valence-electron chi connectivity index (χ4n) is 2.58. The number of aromatic nitrogens is 2. The number of benzene rings is 2. The summed E-state index contributed by atoms with van der Waals surface area (Å²) in [5.41, 5.74) is 2.78. The summed E-state index contributed by atoms with van der Waals surface area (Å²) in [7, 11) is 1.70. The fourth-order valence-corrected chi connectivity index (χ4v) is 2.58. The van der Waals surface area contributed by atoms with Crippen LogP contribution < -0.4 is 10.6 Å². The molecule has 0 radical (unpaired) electrons. The van der Waals surface area contributed by atoms with E-state index in [1.54, 1.807) is 19.2 Å². The van der Waals surface area contributed by atoms with Gasteiger partial charge < -0.3 is 10.6 Å². The van der Waals surface area contributed by atoms with E-state index in [4.69, 9.17) is 0 Å². The normalized spacial score (nSPS) is 11.4. The summed E-state index contributed by atoms with van der Waals surface area (Å²) in [4.78, 5) is 4.17. The molecule has 0 fully saturated rings. The van der Waals surface area contributed by atoms with E-state index in [2.05, 4.69) is 20.7 Å². The van der Waals surface area contributed by atoms with Crippen LogP contribution in [0.15, 0.2) is 72.0 Å². The van der Waals surface area contributed by atoms with Gasteiger partial charge in [-0.25, -0.2) is 9.07 Å². The van der Waals surface area contributed by atoms with Crippen molar-refractivity contribution in [2.75, 3.05) is 13.6 Å². The second-order valence-electron chi connectivity index (χ2n) is 5.82. The third-order valence-electron chi connectivity index (χ3n) is 3.99. The molecule has 0 unspecified atom stereocenters. The van der Waals surface area contributed by atoms with Crippen molar-refractivity contribution in [3.63, 3.8) is 0 Å². The Morgan fingerprint density at radius 3 is 2.62 bits per heavy atom. The molecule has 0 aliphatic heterocycles. The molecule has 0 aliphatic carbocycles. The van der Waals surface area contributed by atoms with Crippen LogP contribution in [0.2, 0.25) is 0 Å². The molecular formula is C20H22FN5. The predicted molar refractivity (Wildman–Crippen MR) is 102 cm³/mol. The molecule has 3 aromatic rings. The average molecular weight is 351 g/mol. The first-order chi connectivity index (χ1) is 12.8. The van der Waals surface area contributed by atoms with Crippen LogP contribution in [-0.4, -0.2) is 29.3 Å². The molecule has 1 aromatic heterocycles. The summed E-state index contributed by atoms with van der Waals surface area (Å²) < 4.78 is 15.5. The van der Waals surface area contributed by atoms with Crippen LogP contribution in [0.4, 0.5) is 4.39 Å². The monoisotopic (exact) mass is 351 g/mol. The van der Waals surface area contributed by atoms with Gasteiger partial charge in [0.05, 0.1) is 11.9 Å². The van der Waals surface area contributed by atoms with E-state index in [9.17, 15) is 4.39 Å². The lowest BCUT2D eigenvalue weighted by molar-refractivity contribution is 0.604. The lowest BCUT2D eigenvalue weighted by Crippen LogP contribution is -2.38. The quantitative estimate of drug-likeness (QED) is 0.530. The van der Waals surface area contributed by atoms with Gasteiger partial charge in [0.2, 0.25) is 0 Å². The van der Waals surface area contributed by atoms with Crippen LogP contribution in [0.3, 0.4) is 0 Å². The molecule has 1 heterocycles. The summed E-state index contributed by atoms with van der Waals surface area (Å²) in [5, 5.41) is 10.7. The highest BCUT2D eigenvalue weighted by Crippen LogP contribution is 2.08. The minimum absolute atomic E-state index is 0.219. The van der Waals surface area contributed by atoms with Crippen molar-refractivity contribution in [2.24, 2.45) is 4.99 Å². The maximum Gasteiger partial charge on any atom is 0.191 e. The molecule has 0 bridgehead atoms. The van der Waals surface area contributed by atoms with Crippen molar-refractivity contribution in [1.82, 2.24) is 20.4 Å². The zero-order valence-electron chi connectivity index (χ0n) is 14.7. The number of hydrogen-bond acceptors (Lipinski definition) is 2. The summed E-state index contributed by atoms with van der Waals surface area (Å²) >= 11 is 0. The van der Waals surface area contributed by atoms with E-state index in [1.807, 2.05) is 53.5 Å². The fraction of sp³-hybridized carbons (Fsp3) is 0.200. The van der Waals surface area contributed by atoms with Gasteiger partial charge in [-0.3, -0.25) is 4.99 Å². The van der Waals surface area contributed by atoms with Gasteiger partial charge in [-0.2, -0.15) is 5.10 Å². The summed E-state index contributed by atoms with van der Waals surface area (Å²) in [6, 6.07) is 16.7. The molecule has 3 rings (SSSR count). The van der Waals surface area contributed by atoms with Crippen LogP contribution in [0.1, 0.15) is 11.1 Å². The molecule has 5 nitrogen and oxygen atoms in total. The van der Waals surface area contributed by atoms with Crippen molar-refractivity contribution >= 4 is 5.96 Å². The smallest absolute Gasteiger partial charge is 0.191 e. The number of hydrogen-bond donors (Lipinski definition) is 2. The van der Waals surface area contributed by atoms with Crippen molar-refractivity contribution in [3.8, 4) is 5.69 Å². The molecule has 6 heteroatoms. The van der Waals surface area contributed by atoms with E-state index in [-0.39, 0.29) is 5.82 Å². The molecule has 2 aromatic carbocycles. The van der Waals surface area contributed by atoms with E-state index in [1.165, 1.54) is 6.07 Å². The Bertz CT molecular complexity index is 857. The van der Waals surface area contributed by atoms with Gasteiger partial charge in [-0.15, -0.1) is 0 Å². The molecular weight excluding hydrogens is 329 g/mol. The molecule has 134 valence electrons. The standard InChI is InChI=1S/C20H22FN5/c1-22-20(24-14-17-7-5-6-10-19(17)21)23-12-11-16-13-25-26(15-16)18-8-3-2-4-9-18/h2-10,13,15H,11-12,14H2,1H3,(H2,22,23,24).